The highest BCUT2D eigenvalue weighted by Gasteiger charge is 2.15. The van der Waals surface area contributed by atoms with Crippen molar-refractivity contribution in [2.75, 3.05) is 30.5 Å². The molecule has 8 heteroatoms. The Morgan fingerprint density at radius 3 is 2.24 bits per heavy atom. The predicted octanol–water partition coefficient (Wildman–Crippen LogP) is 6.73. The summed E-state index contributed by atoms with van der Waals surface area (Å²) in [5.41, 5.74) is 3.39. The molecule has 3 aromatic carbocycles. The number of halogens is 2. The second-order valence-electron chi connectivity index (χ2n) is 7.45. The lowest BCUT2D eigenvalue weighted by molar-refractivity contribution is -0.118. The Labute approximate surface area is 210 Å². The number of aryl methyl sites for hydroxylation is 1. The van der Waals surface area contributed by atoms with Crippen LogP contribution in [0.15, 0.2) is 54.6 Å². The van der Waals surface area contributed by atoms with Crippen LogP contribution in [-0.4, -0.2) is 25.7 Å². The molecule has 1 amide bonds. The van der Waals surface area contributed by atoms with Crippen LogP contribution in [0.5, 0.6) is 17.2 Å². The molecule has 0 saturated heterocycles. The number of anilines is 2. The van der Waals surface area contributed by atoms with Gasteiger partial charge < -0.3 is 24.8 Å². The van der Waals surface area contributed by atoms with E-state index in [1.807, 2.05) is 57.2 Å². The van der Waals surface area contributed by atoms with Gasteiger partial charge in [0.15, 0.2) is 18.1 Å². The van der Waals surface area contributed by atoms with Crippen LogP contribution in [0.25, 0.3) is 0 Å². The summed E-state index contributed by atoms with van der Waals surface area (Å²) >= 11 is 12.6. The molecule has 0 unspecified atom stereocenters. The summed E-state index contributed by atoms with van der Waals surface area (Å²) in [6, 6.07) is 16.7. The zero-order valence-corrected chi connectivity index (χ0v) is 20.9. The van der Waals surface area contributed by atoms with E-state index in [0.29, 0.717) is 47.0 Å². The molecule has 0 heterocycles. The van der Waals surface area contributed by atoms with E-state index < -0.39 is 0 Å². The zero-order valence-electron chi connectivity index (χ0n) is 19.4. The monoisotopic (exact) mass is 502 g/mol. The Morgan fingerprint density at radius 2 is 1.56 bits per heavy atom. The summed E-state index contributed by atoms with van der Waals surface area (Å²) < 4.78 is 16.9. The second-order valence-corrected chi connectivity index (χ2v) is 8.26. The first kappa shape index (κ1) is 25.5. The van der Waals surface area contributed by atoms with Gasteiger partial charge in [-0.15, -0.1) is 0 Å². The number of hydrogen-bond acceptors (Lipinski definition) is 5. The summed E-state index contributed by atoms with van der Waals surface area (Å²) in [5.74, 6) is 1.29. The van der Waals surface area contributed by atoms with E-state index in [2.05, 4.69) is 10.6 Å². The van der Waals surface area contributed by atoms with Gasteiger partial charge in [-0.25, -0.2) is 0 Å². The average Bonchev–Trinajstić information content (AvgIpc) is 2.81. The SMILES string of the molecule is CCOc1ccc(NCc2cc(Cl)c(OCC(=O)Nc3ccc(C)c(Cl)c3)c(OCC)c2)cc1. The molecule has 0 fully saturated rings. The summed E-state index contributed by atoms with van der Waals surface area (Å²) in [5, 5.41) is 7.05. The minimum atomic E-state index is -0.334. The molecule has 0 atom stereocenters. The highest BCUT2D eigenvalue weighted by Crippen LogP contribution is 2.37. The van der Waals surface area contributed by atoms with Crippen molar-refractivity contribution in [3.63, 3.8) is 0 Å². The predicted molar refractivity (Wildman–Crippen MR) is 138 cm³/mol. The van der Waals surface area contributed by atoms with Crippen molar-refractivity contribution in [2.45, 2.75) is 27.3 Å². The first-order chi connectivity index (χ1) is 16.4. The smallest absolute Gasteiger partial charge is 0.262 e. The minimum Gasteiger partial charge on any atom is -0.494 e. The molecule has 0 spiro atoms. The summed E-state index contributed by atoms with van der Waals surface area (Å²) in [7, 11) is 0. The van der Waals surface area contributed by atoms with E-state index in [9.17, 15) is 4.79 Å². The van der Waals surface area contributed by atoms with Gasteiger partial charge in [0.05, 0.1) is 18.2 Å². The first-order valence-corrected chi connectivity index (χ1v) is 11.8. The van der Waals surface area contributed by atoms with Crippen molar-refractivity contribution >= 4 is 40.5 Å². The fourth-order valence-corrected chi connectivity index (χ4v) is 3.64. The lowest BCUT2D eigenvalue weighted by Crippen LogP contribution is -2.20. The normalized spacial score (nSPS) is 10.5. The van der Waals surface area contributed by atoms with Crippen LogP contribution >= 0.6 is 23.2 Å². The number of hydrogen-bond donors (Lipinski definition) is 2. The quantitative estimate of drug-likeness (QED) is 0.304. The molecular weight excluding hydrogens is 475 g/mol. The highest BCUT2D eigenvalue weighted by molar-refractivity contribution is 6.32. The van der Waals surface area contributed by atoms with Crippen molar-refractivity contribution in [3.8, 4) is 17.2 Å². The van der Waals surface area contributed by atoms with Gasteiger partial charge in [0.1, 0.15) is 5.75 Å². The molecule has 3 aromatic rings. The molecule has 180 valence electrons. The maximum atomic E-state index is 12.4. The lowest BCUT2D eigenvalue weighted by Gasteiger charge is -2.16. The van der Waals surface area contributed by atoms with Crippen molar-refractivity contribution in [3.05, 3.63) is 75.8 Å². The van der Waals surface area contributed by atoms with Crippen LogP contribution < -0.4 is 24.8 Å². The van der Waals surface area contributed by atoms with Gasteiger partial charge in [0, 0.05) is 22.9 Å². The summed E-state index contributed by atoms with van der Waals surface area (Å²) in [6.45, 7) is 7.07. The molecule has 0 aromatic heterocycles. The molecule has 34 heavy (non-hydrogen) atoms. The molecule has 0 aliphatic rings. The minimum absolute atomic E-state index is 0.227. The van der Waals surface area contributed by atoms with Gasteiger partial charge in [0.25, 0.3) is 5.91 Å². The molecule has 0 aliphatic heterocycles. The van der Waals surface area contributed by atoms with Gasteiger partial charge in [0.2, 0.25) is 0 Å². The summed E-state index contributed by atoms with van der Waals surface area (Å²) in [6.07, 6.45) is 0. The third kappa shape index (κ3) is 7.20. The summed E-state index contributed by atoms with van der Waals surface area (Å²) in [4.78, 5) is 12.4. The number of amides is 1. The maximum absolute atomic E-state index is 12.4. The Kier molecular flexibility index (Phi) is 9.31. The van der Waals surface area contributed by atoms with Crippen LogP contribution in [0.1, 0.15) is 25.0 Å². The van der Waals surface area contributed by atoms with E-state index in [1.54, 1.807) is 18.2 Å². The second kappa shape index (κ2) is 12.4. The Hall–Kier alpha value is -3.09. The van der Waals surface area contributed by atoms with E-state index in [0.717, 1.165) is 22.6 Å². The van der Waals surface area contributed by atoms with Gasteiger partial charge in [-0.05, 0) is 80.4 Å². The number of carbonyl (C=O) groups is 1. The zero-order chi connectivity index (χ0) is 24.5. The third-order valence-corrected chi connectivity index (χ3v) is 5.52. The fraction of sp³-hybridized carbons (Fsp3) is 0.269. The Balaban J connectivity index is 1.64. The number of rotatable bonds is 11. The number of benzene rings is 3. The van der Waals surface area contributed by atoms with Crippen LogP contribution in [-0.2, 0) is 11.3 Å². The van der Waals surface area contributed by atoms with Crippen molar-refractivity contribution < 1.29 is 19.0 Å². The molecule has 0 saturated carbocycles. The van der Waals surface area contributed by atoms with Crippen LogP contribution in [0.4, 0.5) is 11.4 Å². The highest BCUT2D eigenvalue weighted by atomic mass is 35.5. The van der Waals surface area contributed by atoms with E-state index >= 15 is 0 Å². The number of nitrogens with one attached hydrogen (secondary N) is 2. The number of ether oxygens (including phenoxy) is 3. The molecule has 3 rings (SSSR count). The Bertz CT molecular complexity index is 1120. The Morgan fingerprint density at radius 1 is 0.853 bits per heavy atom. The molecule has 0 aliphatic carbocycles. The topological polar surface area (TPSA) is 68.8 Å². The number of carbonyl (C=O) groups excluding carboxylic acids is 1. The third-order valence-electron chi connectivity index (χ3n) is 4.83. The van der Waals surface area contributed by atoms with Crippen LogP contribution in [0.2, 0.25) is 10.0 Å². The first-order valence-electron chi connectivity index (χ1n) is 11.0. The van der Waals surface area contributed by atoms with Gasteiger partial charge in [-0.1, -0.05) is 29.3 Å². The van der Waals surface area contributed by atoms with Crippen LogP contribution in [0, 0.1) is 6.92 Å². The van der Waals surface area contributed by atoms with Gasteiger partial charge in [-0.2, -0.15) is 0 Å². The fourth-order valence-electron chi connectivity index (χ4n) is 3.17. The van der Waals surface area contributed by atoms with E-state index in [1.165, 1.54) is 0 Å². The lowest BCUT2D eigenvalue weighted by atomic mass is 10.2. The van der Waals surface area contributed by atoms with Gasteiger partial charge >= 0.3 is 0 Å². The molecular formula is C26H28Cl2N2O4. The maximum Gasteiger partial charge on any atom is 0.262 e. The molecule has 0 bridgehead atoms. The average molecular weight is 503 g/mol. The molecule has 0 radical (unpaired) electrons. The molecule has 2 N–H and O–H groups in total. The molecule has 6 nitrogen and oxygen atoms in total. The van der Waals surface area contributed by atoms with Crippen molar-refractivity contribution in [2.24, 2.45) is 0 Å². The van der Waals surface area contributed by atoms with Crippen LogP contribution in [0.3, 0.4) is 0 Å². The van der Waals surface area contributed by atoms with E-state index in [4.69, 9.17) is 37.4 Å². The van der Waals surface area contributed by atoms with Crippen molar-refractivity contribution in [1.29, 1.82) is 0 Å². The largest absolute Gasteiger partial charge is 0.494 e. The standard InChI is InChI=1S/C26H28Cl2N2O4/c1-4-32-21-10-8-19(9-11-21)29-15-18-12-23(28)26(24(13-18)33-5-2)34-16-25(31)30-20-7-6-17(3)22(27)14-20/h6-14,29H,4-5,15-16H2,1-3H3,(H,30,31). The van der Waals surface area contributed by atoms with Crippen molar-refractivity contribution in [1.82, 2.24) is 0 Å². The van der Waals surface area contributed by atoms with Gasteiger partial charge in [-0.3, -0.25) is 4.79 Å². The van der Waals surface area contributed by atoms with E-state index in [-0.39, 0.29) is 12.5 Å².